The van der Waals surface area contributed by atoms with E-state index < -0.39 is 0 Å². The maximum absolute atomic E-state index is 5.53. The van der Waals surface area contributed by atoms with Gasteiger partial charge in [0.2, 0.25) is 5.17 Å². The number of thioether (sulfide) groups is 1. The van der Waals surface area contributed by atoms with Gasteiger partial charge in [0.15, 0.2) is 0 Å². The van der Waals surface area contributed by atoms with Crippen LogP contribution in [0.2, 0.25) is 0 Å². The highest BCUT2D eigenvalue weighted by molar-refractivity contribution is 8.17. The summed E-state index contributed by atoms with van der Waals surface area (Å²) in [5, 5.41) is 5.41. The van der Waals surface area contributed by atoms with Crippen molar-refractivity contribution in [1.82, 2.24) is 5.43 Å². The van der Waals surface area contributed by atoms with Crippen LogP contribution in [0, 0.1) is 16.7 Å². The average molecular weight is 384 g/mol. The number of hydrogen-bond donors (Lipinski definition) is 1. The summed E-state index contributed by atoms with van der Waals surface area (Å²) in [7, 11) is 0. The van der Waals surface area contributed by atoms with Gasteiger partial charge in [0.25, 0.3) is 0 Å². The molecule has 144 valence electrons. The van der Waals surface area contributed by atoms with E-state index in [2.05, 4.69) is 50.4 Å². The number of amidine groups is 1. The number of benzene rings is 1. The fraction of sp³-hybridized carbons (Fsp3) is 0.545. The molecule has 0 amide bonds. The molecule has 1 aliphatic heterocycles. The lowest BCUT2D eigenvalue weighted by atomic mass is 9.70. The summed E-state index contributed by atoms with van der Waals surface area (Å²) in [6.45, 7) is 12.0. The molecule has 2 atom stereocenters. The Labute approximate surface area is 166 Å². The number of hydrazone groups is 1. The monoisotopic (exact) mass is 383 g/mol. The van der Waals surface area contributed by atoms with Crippen LogP contribution in [0.15, 0.2) is 39.3 Å². The van der Waals surface area contributed by atoms with E-state index in [1.54, 1.807) is 11.8 Å². The fourth-order valence-electron chi connectivity index (χ4n) is 4.81. The molecule has 0 radical (unpaired) electrons. The normalized spacial score (nSPS) is 30.5. The Morgan fingerprint density at radius 3 is 2.56 bits per heavy atom. The van der Waals surface area contributed by atoms with Crippen LogP contribution < -0.4 is 10.2 Å². The predicted octanol–water partition coefficient (Wildman–Crippen LogP) is 5.67. The van der Waals surface area contributed by atoms with Crippen LogP contribution in [0.25, 0.3) is 5.70 Å². The minimum atomic E-state index is 0.216. The van der Waals surface area contributed by atoms with E-state index in [1.807, 2.05) is 19.1 Å². The maximum atomic E-state index is 5.53. The first-order chi connectivity index (χ1) is 12.8. The molecule has 4 rings (SSSR count). The minimum absolute atomic E-state index is 0.216. The van der Waals surface area contributed by atoms with Crippen LogP contribution in [0.5, 0.6) is 5.75 Å². The van der Waals surface area contributed by atoms with Crippen molar-refractivity contribution < 1.29 is 4.74 Å². The van der Waals surface area contributed by atoms with Crippen LogP contribution in [-0.4, -0.2) is 17.5 Å². The van der Waals surface area contributed by atoms with Crippen LogP contribution in [0.3, 0.4) is 0 Å². The predicted molar refractivity (Wildman–Crippen MR) is 115 cm³/mol. The maximum Gasteiger partial charge on any atom is 0.211 e. The Morgan fingerprint density at radius 2 is 2.00 bits per heavy atom. The molecular weight excluding hydrogens is 354 g/mol. The van der Waals surface area contributed by atoms with Gasteiger partial charge in [-0.1, -0.05) is 32.5 Å². The SMILES string of the molecule is CCOc1ccc(C2=C(C)SC(N=C3C[C@H]4CC[C@]3(C)C4(C)C)=NN2)cc1. The fourth-order valence-corrected chi connectivity index (χ4v) is 5.59. The number of rotatable bonds is 3. The number of nitrogens with one attached hydrogen (secondary N) is 1. The molecule has 4 nitrogen and oxygen atoms in total. The second-order valence-electron chi connectivity index (χ2n) is 8.55. The largest absolute Gasteiger partial charge is 0.494 e. The quantitative estimate of drug-likeness (QED) is 0.731. The lowest BCUT2D eigenvalue weighted by molar-refractivity contribution is 0.194. The third-order valence-electron chi connectivity index (χ3n) is 7.06. The lowest BCUT2D eigenvalue weighted by Gasteiger charge is -2.34. The summed E-state index contributed by atoms with van der Waals surface area (Å²) in [5.74, 6) is 1.66. The number of fused-ring (bicyclic) bond motifs is 2. The van der Waals surface area contributed by atoms with E-state index in [9.17, 15) is 0 Å². The molecule has 2 bridgehead atoms. The smallest absolute Gasteiger partial charge is 0.211 e. The van der Waals surface area contributed by atoms with Gasteiger partial charge in [-0.15, -0.1) is 5.10 Å². The van der Waals surface area contributed by atoms with Crippen molar-refractivity contribution in [3.05, 3.63) is 34.7 Å². The van der Waals surface area contributed by atoms with Crippen LogP contribution in [0.1, 0.15) is 59.4 Å². The van der Waals surface area contributed by atoms with Gasteiger partial charge in [-0.05, 0) is 68.7 Å². The van der Waals surface area contributed by atoms with Crippen molar-refractivity contribution in [3.8, 4) is 5.75 Å². The molecule has 2 saturated carbocycles. The second-order valence-corrected chi connectivity index (χ2v) is 9.73. The van der Waals surface area contributed by atoms with E-state index >= 15 is 0 Å². The van der Waals surface area contributed by atoms with Crippen LogP contribution in [0.4, 0.5) is 0 Å². The number of aliphatic imine (C=N–C) groups is 1. The van der Waals surface area contributed by atoms with E-state index in [0.29, 0.717) is 12.0 Å². The summed E-state index contributed by atoms with van der Waals surface area (Å²) in [6, 6.07) is 8.15. The molecule has 2 fully saturated rings. The van der Waals surface area contributed by atoms with Crippen LogP contribution >= 0.6 is 11.8 Å². The van der Waals surface area contributed by atoms with Gasteiger partial charge in [0, 0.05) is 21.6 Å². The molecule has 2 aliphatic carbocycles. The Morgan fingerprint density at radius 1 is 1.26 bits per heavy atom. The van der Waals surface area contributed by atoms with Crippen molar-refractivity contribution in [2.75, 3.05) is 6.61 Å². The molecule has 3 aliphatic rings. The summed E-state index contributed by atoms with van der Waals surface area (Å²) in [4.78, 5) is 6.21. The summed E-state index contributed by atoms with van der Waals surface area (Å²) in [6.07, 6.45) is 3.71. The molecule has 0 spiro atoms. The molecule has 27 heavy (non-hydrogen) atoms. The van der Waals surface area contributed by atoms with Gasteiger partial charge in [0.1, 0.15) is 5.75 Å². The van der Waals surface area contributed by atoms with Crippen molar-refractivity contribution in [3.63, 3.8) is 0 Å². The van der Waals surface area contributed by atoms with Crippen molar-refractivity contribution in [1.29, 1.82) is 0 Å². The molecule has 1 heterocycles. The Balaban J connectivity index is 1.52. The van der Waals surface area contributed by atoms with Crippen molar-refractivity contribution in [2.45, 2.75) is 53.9 Å². The Kier molecular flexibility index (Phi) is 4.61. The van der Waals surface area contributed by atoms with E-state index in [1.165, 1.54) is 23.5 Å². The Bertz CT molecular complexity index is 838. The molecule has 0 aromatic heterocycles. The third kappa shape index (κ3) is 3.00. The number of ether oxygens (including phenoxy) is 1. The first kappa shape index (κ1) is 18.6. The van der Waals surface area contributed by atoms with Gasteiger partial charge in [-0.2, -0.15) is 0 Å². The third-order valence-corrected chi connectivity index (χ3v) is 7.93. The molecule has 0 saturated heterocycles. The van der Waals surface area contributed by atoms with Crippen molar-refractivity contribution in [2.24, 2.45) is 26.8 Å². The van der Waals surface area contributed by atoms with E-state index in [0.717, 1.165) is 34.5 Å². The highest BCUT2D eigenvalue weighted by atomic mass is 32.2. The zero-order valence-electron chi connectivity index (χ0n) is 16.9. The van der Waals surface area contributed by atoms with Gasteiger partial charge < -0.3 is 4.74 Å². The first-order valence-corrected chi connectivity index (χ1v) is 10.7. The molecule has 5 heteroatoms. The van der Waals surface area contributed by atoms with Gasteiger partial charge >= 0.3 is 0 Å². The second kappa shape index (κ2) is 6.69. The number of hydrogen-bond acceptors (Lipinski definition) is 5. The number of allylic oxidation sites excluding steroid dienone is 1. The molecule has 1 aromatic rings. The zero-order chi connectivity index (χ0) is 19.2. The summed E-state index contributed by atoms with van der Waals surface area (Å²) < 4.78 is 5.53. The first-order valence-electron chi connectivity index (χ1n) is 9.89. The average Bonchev–Trinajstić information content (AvgIpc) is 2.97. The molecule has 1 N–H and O–H groups in total. The summed E-state index contributed by atoms with van der Waals surface area (Å²) in [5.41, 5.74) is 7.30. The molecule has 1 aromatic carbocycles. The highest BCUT2D eigenvalue weighted by Gasteiger charge is 2.59. The molecule has 0 unspecified atom stereocenters. The Hall–Kier alpha value is -1.75. The highest BCUT2D eigenvalue weighted by Crippen LogP contribution is 2.64. The van der Waals surface area contributed by atoms with E-state index in [-0.39, 0.29) is 5.41 Å². The number of nitrogens with zero attached hydrogens (tertiary/aromatic N) is 2. The summed E-state index contributed by atoms with van der Waals surface area (Å²) >= 11 is 1.67. The standard InChI is InChI=1S/C22H29N3OS/c1-6-26-17-9-7-15(8-10-17)19-14(2)27-20(25-24-19)23-18-13-16-11-12-22(18,5)21(16,3)4/h7-10,16,24H,6,11-13H2,1-5H3/t16-,22+/m1/s1. The van der Waals surface area contributed by atoms with Gasteiger partial charge in [-0.3, -0.25) is 5.43 Å². The van der Waals surface area contributed by atoms with Crippen molar-refractivity contribution >= 4 is 28.3 Å². The van der Waals surface area contributed by atoms with Gasteiger partial charge in [-0.25, -0.2) is 4.99 Å². The van der Waals surface area contributed by atoms with E-state index in [4.69, 9.17) is 9.73 Å². The lowest BCUT2D eigenvalue weighted by Crippen LogP contribution is -2.33. The molecular formula is C22H29N3OS. The van der Waals surface area contributed by atoms with Crippen LogP contribution in [-0.2, 0) is 0 Å². The van der Waals surface area contributed by atoms with Gasteiger partial charge in [0.05, 0.1) is 12.3 Å². The zero-order valence-corrected chi connectivity index (χ0v) is 17.7. The topological polar surface area (TPSA) is 46.0 Å². The minimum Gasteiger partial charge on any atom is -0.494 e.